The second-order valence-electron chi connectivity index (χ2n) is 2.41. The number of aryl methyl sites for hydroxylation is 1. The molecule has 0 fully saturated rings. The molecule has 1 aromatic carbocycles. The Balaban J connectivity index is 2.75. The average molecular weight is 197 g/mol. The van der Waals surface area contributed by atoms with Gasteiger partial charge in [0.05, 0.1) is 0 Å². The number of thioether (sulfide) groups is 1. The molecule has 0 aliphatic heterocycles. The predicted octanol–water partition coefficient (Wildman–Crippen LogP) is 2.59. The lowest BCUT2D eigenvalue weighted by atomic mass is 10.2. The summed E-state index contributed by atoms with van der Waals surface area (Å²) in [4.78, 5) is 1.22. The minimum Gasteiger partial charge on any atom is -0.374 e. The number of hydrogen-bond acceptors (Lipinski definition) is 2. The molecule has 0 aliphatic carbocycles. The van der Waals surface area contributed by atoms with Crippen LogP contribution >= 0.6 is 24.0 Å². The lowest BCUT2D eigenvalue weighted by Gasteiger charge is -2.04. The highest BCUT2D eigenvalue weighted by Gasteiger charge is 1.99. The molecule has 0 atom stereocenters. The van der Waals surface area contributed by atoms with Gasteiger partial charge in [-0.1, -0.05) is 42.2 Å². The summed E-state index contributed by atoms with van der Waals surface area (Å²) in [5.41, 5.74) is 1.26. The molecule has 0 radical (unpaired) electrons. The maximum atomic E-state index is 5.05. The van der Waals surface area contributed by atoms with Gasteiger partial charge in [-0.25, -0.2) is 0 Å². The van der Waals surface area contributed by atoms with Gasteiger partial charge in [0.25, 0.3) is 0 Å². The molecule has 0 saturated carbocycles. The zero-order chi connectivity index (χ0) is 8.97. The van der Waals surface area contributed by atoms with Gasteiger partial charge in [0, 0.05) is 11.9 Å². The van der Waals surface area contributed by atoms with E-state index in [1.807, 2.05) is 19.2 Å². The Kier molecular flexibility index (Phi) is 3.56. The first-order valence-electron chi connectivity index (χ1n) is 3.69. The van der Waals surface area contributed by atoms with E-state index in [0.717, 1.165) is 4.32 Å². The molecule has 0 heterocycles. The van der Waals surface area contributed by atoms with Crippen molar-refractivity contribution in [1.29, 1.82) is 0 Å². The summed E-state index contributed by atoms with van der Waals surface area (Å²) < 4.78 is 0.810. The number of nitrogens with one attached hydrogen (secondary N) is 1. The highest BCUT2D eigenvalue weighted by Crippen LogP contribution is 2.21. The van der Waals surface area contributed by atoms with Crippen molar-refractivity contribution in [2.75, 3.05) is 7.05 Å². The highest BCUT2D eigenvalue weighted by molar-refractivity contribution is 8.23. The van der Waals surface area contributed by atoms with Gasteiger partial charge in [-0.05, 0) is 18.6 Å². The van der Waals surface area contributed by atoms with Crippen LogP contribution in [0, 0.1) is 6.92 Å². The molecule has 12 heavy (non-hydrogen) atoms. The maximum Gasteiger partial charge on any atom is 0.138 e. The molecule has 0 unspecified atom stereocenters. The quantitative estimate of drug-likeness (QED) is 0.549. The van der Waals surface area contributed by atoms with Gasteiger partial charge in [0.1, 0.15) is 4.32 Å². The largest absolute Gasteiger partial charge is 0.374 e. The molecule has 0 saturated heterocycles. The zero-order valence-corrected chi connectivity index (χ0v) is 8.76. The third-order valence-electron chi connectivity index (χ3n) is 1.50. The van der Waals surface area contributed by atoms with E-state index >= 15 is 0 Å². The third kappa shape index (κ3) is 2.50. The van der Waals surface area contributed by atoms with Crippen LogP contribution in [0.15, 0.2) is 29.2 Å². The van der Waals surface area contributed by atoms with Crippen molar-refractivity contribution in [2.45, 2.75) is 11.8 Å². The molecule has 64 valence electrons. The fourth-order valence-electron chi connectivity index (χ4n) is 0.822. The van der Waals surface area contributed by atoms with Crippen LogP contribution in [0.1, 0.15) is 5.56 Å². The number of benzene rings is 1. The van der Waals surface area contributed by atoms with E-state index < -0.39 is 0 Å². The summed E-state index contributed by atoms with van der Waals surface area (Å²) >= 11 is 6.64. The lowest BCUT2D eigenvalue weighted by Crippen LogP contribution is -2.10. The van der Waals surface area contributed by atoms with Crippen molar-refractivity contribution in [2.24, 2.45) is 0 Å². The molecule has 1 nitrogen and oxygen atoms in total. The Labute approximate surface area is 82.6 Å². The first kappa shape index (κ1) is 9.55. The van der Waals surface area contributed by atoms with Crippen molar-refractivity contribution < 1.29 is 0 Å². The third-order valence-corrected chi connectivity index (χ3v) is 3.02. The van der Waals surface area contributed by atoms with Crippen molar-refractivity contribution in [3.8, 4) is 0 Å². The predicted molar refractivity (Wildman–Crippen MR) is 58.7 cm³/mol. The minimum absolute atomic E-state index is 0.810. The summed E-state index contributed by atoms with van der Waals surface area (Å²) in [6.07, 6.45) is 0. The van der Waals surface area contributed by atoms with E-state index in [2.05, 4.69) is 24.4 Å². The van der Waals surface area contributed by atoms with Gasteiger partial charge in [0.15, 0.2) is 0 Å². The van der Waals surface area contributed by atoms with Gasteiger partial charge < -0.3 is 5.32 Å². The molecule has 0 bridgehead atoms. The van der Waals surface area contributed by atoms with E-state index in [1.54, 1.807) is 11.8 Å². The van der Waals surface area contributed by atoms with E-state index in [9.17, 15) is 0 Å². The van der Waals surface area contributed by atoms with Crippen LogP contribution in [-0.4, -0.2) is 11.4 Å². The SMILES string of the molecule is CNC(=S)Sc1ccccc1C. The molecular formula is C9H11NS2. The molecule has 1 rings (SSSR count). The van der Waals surface area contributed by atoms with Crippen LogP contribution in [0.25, 0.3) is 0 Å². The van der Waals surface area contributed by atoms with Gasteiger partial charge in [0.2, 0.25) is 0 Å². The fraction of sp³-hybridized carbons (Fsp3) is 0.222. The first-order chi connectivity index (χ1) is 5.74. The van der Waals surface area contributed by atoms with Gasteiger partial charge >= 0.3 is 0 Å². The zero-order valence-electron chi connectivity index (χ0n) is 7.13. The monoisotopic (exact) mass is 197 g/mol. The Morgan fingerprint density at radius 3 is 2.67 bits per heavy atom. The standard InChI is InChI=1S/C9H11NS2/c1-7-5-3-4-6-8(7)12-9(11)10-2/h3-6H,1-2H3,(H,10,11). The van der Waals surface area contributed by atoms with Gasteiger partial charge in [-0.3, -0.25) is 0 Å². The summed E-state index contributed by atoms with van der Waals surface area (Å²) in [5, 5.41) is 2.94. The van der Waals surface area contributed by atoms with Crippen molar-refractivity contribution >= 4 is 28.3 Å². The highest BCUT2D eigenvalue weighted by atomic mass is 32.2. The molecule has 1 N–H and O–H groups in total. The maximum absolute atomic E-state index is 5.05. The topological polar surface area (TPSA) is 12.0 Å². The Morgan fingerprint density at radius 2 is 2.08 bits per heavy atom. The van der Waals surface area contributed by atoms with E-state index in [0.29, 0.717) is 0 Å². The van der Waals surface area contributed by atoms with E-state index in [-0.39, 0.29) is 0 Å². The van der Waals surface area contributed by atoms with Crippen molar-refractivity contribution in [1.82, 2.24) is 5.32 Å². The van der Waals surface area contributed by atoms with Gasteiger partial charge in [-0.15, -0.1) is 0 Å². The Hall–Kier alpha value is -0.540. The summed E-state index contributed by atoms with van der Waals surface area (Å²) in [5.74, 6) is 0. The smallest absolute Gasteiger partial charge is 0.138 e. The second kappa shape index (κ2) is 4.48. The minimum atomic E-state index is 0.810. The van der Waals surface area contributed by atoms with Crippen LogP contribution in [-0.2, 0) is 0 Å². The van der Waals surface area contributed by atoms with Crippen LogP contribution in [0.2, 0.25) is 0 Å². The average Bonchev–Trinajstić information content (AvgIpc) is 2.09. The molecular weight excluding hydrogens is 186 g/mol. The van der Waals surface area contributed by atoms with Crippen molar-refractivity contribution in [3.63, 3.8) is 0 Å². The molecule has 3 heteroatoms. The molecule has 0 aromatic heterocycles. The fourth-order valence-corrected chi connectivity index (χ4v) is 1.77. The van der Waals surface area contributed by atoms with Crippen LogP contribution in [0.3, 0.4) is 0 Å². The second-order valence-corrected chi connectivity index (χ2v) is 4.12. The molecule has 0 aliphatic rings. The van der Waals surface area contributed by atoms with Crippen LogP contribution < -0.4 is 5.32 Å². The van der Waals surface area contributed by atoms with E-state index in [4.69, 9.17) is 12.2 Å². The number of rotatable bonds is 1. The summed E-state index contributed by atoms with van der Waals surface area (Å²) in [6, 6.07) is 8.21. The first-order valence-corrected chi connectivity index (χ1v) is 4.91. The number of thiocarbonyl (C=S) groups is 1. The van der Waals surface area contributed by atoms with Crippen LogP contribution in [0.4, 0.5) is 0 Å². The lowest BCUT2D eigenvalue weighted by molar-refractivity contribution is 1.23. The normalized spacial score (nSPS) is 9.50. The molecule has 1 aromatic rings. The Bertz CT molecular complexity index is 284. The number of hydrogen-bond donors (Lipinski definition) is 1. The summed E-state index contributed by atoms with van der Waals surface area (Å²) in [7, 11) is 1.84. The Morgan fingerprint density at radius 1 is 1.42 bits per heavy atom. The van der Waals surface area contributed by atoms with Gasteiger partial charge in [-0.2, -0.15) is 0 Å². The van der Waals surface area contributed by atoms with E-state index in [1.165, 1.54) is 10.5 Å². The van der Waals surface area contributed by atoms with Crippen molar-refractivity contribution in [3.05, 3.63) is 29.8 Å². The molecule has 0 spiro atoms. The molecule has 0 amide bonds. The van der Waals surface area contributed by atoms with Crippen LogP contribution in [0.5, 0.6) is 0 Å². The summed E-state index contributed by atoms with van der Waals surface area (Å²) in [6.45, 7) is 2.08.